The summed E-state index contributed by atoms with van der Waals surface area (Å²) < 4.78 is 5.14. The van der Waals surface area contributed by atoms with Crippen LogP contribution in [-0.4, -0.2) is 23.8 Å². The highest BCUT2D eigenvalue weighted by Gasteiger charge is 2.66. The lowest BCUT2D eigenvalue weighted by Crippen LogP contribution is -2.43. The quantitative estimate of drug-likeness (QED) is 0.409. The summed E-state index contributed by atoms with van der Waals surface area (Å²) in [4.78, 5) is 23.7. The van der Waals surface area contributed by atoms with E-state index in [4.69, 9.17) is 4.74 Å². The first-order chi connectivity index (χ1) is 6.77. The van der Waals surface area contributed by atoms with E-state index in [1.165, 1.54) is 0 Å². The van der Waals surface area contributed by atoms with Gasteiger partial charge in [-0.3, -0.25) is 9.59 Å². The van der Waals surface area contributed by atoms with Crippen molar-refractivity contribution in [3.63, 3.8) is 0 Å². The molecule has 0 aromatic carbocycles. The lowest BCUT2D eigenvalue weighted by atomic mass is 9.72. The normalized spacial score (nSPS) is 57.4. The summed E-state index contributed by atoms with van der Waals surface area (Å²) in [5.41, 5.74) is 0. The predicted octanol–water partition coefficient (Wildman–Crippen LogP) is 0.344. The first-order valence-corrected chi connectivity index (χ1v) is 5.18. The number of carbonyl (C=O) groups excluding carboxylic acids is 2. The van der Waals surface area contributed by atoms with E-state index >= 15 is 0 Å². The molecule has 0 N–H and O–H groups in total. The molecule has 2 bridgehead atoms. The van der Waals surface area contributed by atoms with Gasteiger partial charge < -0.3 is 4.74 Å². The number of hydrogen-bond donors (Lipinski definition) is 0. The number of hydrogen-bond acceptors (Lipinski definition) is 3. The fourth-order valence-corrected chi connectivity index (χ4v) is 3.52. The molecule has 6 unspecified atom stereocenters. The van der Waals surface area contributed by atoms with Crippen LogP contribution in [0.5, 0.6) is 0 Å². The Kier molecular flexibility index (Phi) is 1.05. The lowest BCUT2D eigenvalue weighted by Gasteiger charge is -2.27. The number of ketones is 2. The maximum absolute atomic E-state index is 11.9. The number of carbonyl (C=O) groups is 2. The summed E-state index contributed by atoms with van der Waals surface area (Å²) in [7, 11) is 0. The van der Waals surface area contributed by atoms with Crippen molar-refractivity contribution in [2.24, 2.45) is 23.7 Å². The van der Waals surface area contributed by atoms with E-state index in [-0.39, 0.29) is 35.6 Å². The average molecular weight is 190 g/mol. The molecule has 1 aliphatic heterocycles. The molecular formula is C11H10O3. The van der Waals surface area contributed by atoms with Crippen LogP contribution < -0.4 is 0 Å². The minimum Gasteiger partial charge on any atom is -0.353 e. The molecule has 3 aliphatic carbocycles. The van der Waals surface area contributed by atoms with Crippen molar-refractivity contribution in [2.45, 2.75) is 18.6 Å². The maximum Gasteiger partial charge on any atom is 0.169 e. The van der Waals surface area contributed by atoms with Gasteiger partial charge >= 0.3 is 0 Å². The van der Waals surface area contributed by atoms with Crippen molar-refractivity contribution in [1.29, 1.82) is 0 Å². The second-order valence-corrected chi connectivity index (χ2v) is 4.78. The van der Waals surface area contributed by atoms with E-state index in [1.807, 2.05) is 0 Å². The molecule has 3 heteroatoms. The van der Waals surface area contributed by atoms with Crippen molar-refractivity contribution < 1.29 is 14.3 Å². The Morgan fingerprint density at radius 2 is 1.50 bits per heavy atom. The molecule has 0 aromatic heterocycles. The fourth-order valence-electron chi connectivity index (χ4n) is 3.52. The Balaban J connectivity index is 1.84. The lowest BCUT2D eigenvalue weighted by molar-refractivity contribution is -0.135. The molecule has 1 saturated heterocycles. The third kappa shape index (κ3) is 0.630. The smallest absolute Gasteiger partial charge is 0.169 e. The third-order valence-corrected chi connectivity index (χ3v) is 4.17. The molecule has 0 radical (unpaired) electrons. The van der Waals surface area contributed by atoms with Gasteiger partial charge in [-0.25, -0.2) is 0 Å². The molecule has 14 heavy (non-hydrogen) atoms. The van der Waals surface area contributed by atoms with Crippen molar-refractivity contribution in [3.05, 3.63) is 12.2 Å². The Bertz CT molecular complexity index is 350. The van der Waals surface area contributed by atoms with Crippen LogP contribution in [0, 0.1) is 23.7 Å². The monoisotopic (exact) mass is 190 g/mol. The molecule has 6 atom stereocenters. The summed E-state index contributed by atoms with van der Waals surface area (Å²) in [6.07, 6.45) is 4.50. The molecule has 4 rings (SSSR count). The van der Waals surface area contributed by atoms with Crippen LogP contribution in [-0.2, 0) is 14.3 Å². The highest BCUT2D eigenvalue weighted by atomic mass is 16.6. The van der Waals surface area contributed by atoms with Crippen LogP contribution in [0.25, 0.3) is 0 Å². The van der Waals surface area contributed by atoms with Gasteiger partial charge in [-0.15, -0.1) is 0 Å². The zero-order valence-electron chi connectivity index (χ0n) is 7.55. The highest BCUT2D eigenvalue weighted by Crippen LogP contribution is 2.54. The summed E-state index contributed by atoms with van der Waals surface area (Å²) in [6.45, 7) is 0. The van der Waals surface area contributed by atoms with E-state index in [9.17, 15) is 9.59 Å². The molecular weight excluding hydrogens is 180 g/mol. The first-order valence-electron chi connectivity index (χ1n) is 5.18. The SMILES string of the molecule is O=C1C2OC2C(=O)C2C3C=CC(C3)C12. The number of allylic oxidation sites excluding steroid dienone is 2. The molecule has 0 aromatic rings. The Hall–Kier alpha value is -0.960. The molecule has 3 fully saturated rings. The predicted molar refractivity (Wildman–Crippen MR) is 46.4 cm³/mol. The van der Waals surface area contributed by atoms with Crippen molar-refractivity contribution >= 4 is 11.6 Å². The first kappa shape index (κ1) is 7.35. The molecule has 1 heterocycles. The van der Waals surface area contributed by atoms with Crippen LogP contribution in [0.2, 0.25) is 0 Å². The largest absolute Gasteiger partial charge is 0.353 e. The molecule has 0 amide bonds. The van der Waals surface area contributed by atoms with Gasteiger partial charge in [0.15, 0.2) is 23.8 Å². The zero-order valence-corrected chi connectivity index (χ0v) is 7.55. The van der Waals surface area contributed by atoms with E-state index < -0.39 is 0 Å². The maximum atomic E-state index is 11.9. The minimum absolute atomic E-state index is 0.0405. The second kappa shape index (κ2) is 2.01. The van der Waals surface area contributed by atoms with Crippen LogP contribution in [0.3, 0.4) is 0 Å². The molecule has 3 nitrogen and oxygen atoms in total. The average Bonchev–Trinajstić information content (AvgIpc) is 2.74. The van der Waals surface area contributed by atoms with Crippen LogP contribution >= 0.6 is 0 Å². The molecule has 0 spiro atoms. The minimum atomic E-state index is -0.364. The Morgan fingerprint density at radius 3 is 2.00 bits per heavy atom. The summed E-state index contributed by atoms with van der Waals surface area (Å²) >= 11 is 0. The van der Waals surface area contributed by atoms with Gasteiger partial charge in [0.25, 0.3) is 0 Å². The standard InChI is InChI=1S/C11H10O3/c12-8-6-4-1-2-5(3-4)7(6)9(13)11-10(8)14-11/h1-2,4-7,10-11H,3H2. The van der Waals surface area contributed by atoms with Crippen LogP contribution in [0.1, 0.15) is 6.42 Å². The third-order valence-electron chi connectivity index (χ3n) is 4.17. The fraction of sp³-hybridized carbons (Fsp3) is 0.636. The van der Waals surface area contributed by atoms with Gasteiger partial charge in [0.2, 0.25) is 0 Å². The number of ether oxygens (including phenoxy) is 1. The number of epoxide rings is 1. The zero-order chi connectivity index (χ0) is 9.45. The topological polar surface area (TPSA) is 46.7 Å². The summed E-state index contributed by atoms with van der Waals surface area (Å²) in [6, 6.07) is 0. The molecule has 2 saturated carbocycles. The molecule has 72 valence electrons. The van der Waals surface area contributed by atoms with Crippen LogP contribution in [0.4, 0.5) is 0 Å². The van der Waals surface area contributed by atoms with Gasteiger partial charge in [0.05, 0.1) is 0 Å². The number of Topliss-reactive ketones (excluding diaryl/α,β-unsaturated/α-hetero) is 2. The second-order valence-electron chi connectivity index (χ2n) is 4.78. The van der Waals surface area contributed by atoms with E-state index in [0.717, 1.165) is 6.42 Å². The van der Waals surface area contributed by atoms with E-state index in [2.05, 4.69) is 12.2 Å². The van der Waals surface area contributed by atoms with Gasteiger partial charge in [-0.2, -0.15) is 0 Å². The summed E-state index contributed by atoms with van der Waals surface area (Å²) in [5, 5.41) is 0. The molecule has 4 aliphatic rings. The van der Waals surface area contributed by atoms with Crippen molar-refractivity contribution in [2.75, 3.05) is 0 Å². The highest BCUT2D eigenvalue weighted by molar-refractivity contribution is 6.06. The van der Waals surface area contributed by atoms with Gasteiger partial charge in [-0.1, -0.05) is 12.2 Å². The van der Waals surface area contributed by atoms with E-state index in [0.29, 0.717) is 11.8 Å². The van der Waals surface area contributed by atoms with Gasteiger partial charge in [0, 0.05) is 11.8 Å². The Labute approximate surface area is 81.1 Å². The number of fused-ring (bicyclic) bond motifs is 6. The van der Waals surface area contributed by atoms with Crippen molar-refractivity contribution in [1.82, 2.24) is 0 Å². The number of rotatable bonds is 0. The summed E-state index contributed by atoms with van der Waals surface area (Å²) in [5.74, 6) is 0.952. The van der Waals surface area contributed by atoms with Gasteiger partial charge in [0.1, 0.15) is 0 Å². The van der Waals surface area contributed by atoms with Gasteiger partial charge in [-0.05, 0) is 18.3 Å². The Morgan fingerprint density at radius 1 is 1.00 bits per heavy atom. The van der Waals surface area contributed by atoms with Crippen molar-refractivity contribution in [3.8, 4) is 0 Å². The van der Waals surface area contributed by atoms with Crippen LogP contribution in [0.15, 0.2) is 12.2 Å². The van der Waals surface area contributed by atoms with E-state index in [1.54, 1.807) is 0 Å².